The molecule has 1 aliphatic heterocycles. The Labute approximate surface area is 125 Å². The van der Waals surface area contributed by atoms with Gasteiger partial charge in [0.2, 0.25) is 5.82 Å². The summed E-state index contributed by atoms with van der Waals surface area (Å²) in [5.74, 6) is -4.04. The highest BCUT2D eigenvalue weighted by molar-refractivity contribution is 6.63. The summed E-state index contributed by atoms with van der Waals surface area (Å²) in [6.07, 6.45) is 0. The number of benzene rings is 1. The summed E-state index contributed by atoms with van der Waals surface area (Å²) in [7, 11) is -1.21. The van der Waals surface area contributed by atoms with Gasteiger partial charge in [-0.25, -0.2) is 4.39 Å². The second-order valence-corrected chi connectivity index (χ2v) is 5.98. The van der Waals surface area contributed by atoms with Crippen LogP contribution in [-0.4, -0.2) is 24.9 Å². The fraction of sp³-hybridized carbons (Fsp3) is 0.538. The van der Waals surface area contributed by atoms with Crippen molar-refractivity contribution < 1.29 is 31.6 Å². The van der Waals surface area contributed by atoms with Crippen LogP contribution in [0.2, 0.25) is 0 Å². The van der Waals surface area contributed by atoms with E-state index in [2.05, 4.69) is 4.74 Å². The molecule has 22 heavy (non-hydrogen) atoms. The minimum Gasteiger partial charge on any atom is -0.432 e. The fourth-order valence-corrected chi connectivity index (χ4v) is 2.00. The minimum atomic E-state index is -3.33. The standard InChI is InChI=1S/C13H16BF4NO3/c1-12(2)13(3,4)22-14(21-12)6-5-7(19)8(15)9(16)10(6)20-11(17)18/h5,11H,19H2,1-4H3. The molecule has 1 fully saturated rings. The molecule has 2 N–H and O–H groups in total. The van der Waals surface area contributed by atoms with Crippen LogP contribution in [-0.2, 0) is 9.31 Å². The first-order chi connectivity index (χ1) is 9.96. The van der Waals surface area contributed by atoms with E-state index in [-0.39, 0.29) is 5.46 Å². The Hall–Kier alpha value is -1.48. The SMILES string of the molecule is CC1(C)OB(c2cc(N)c(F)c(F)c2OC(F)F)OC1(C)C. The molecule has 0 saturated carbocycles. The number of hydrogen-bond acceptors (Lipinski definition) is 4. The van der Waals surface area contributed by atoms with E-state index >= 15 is 0 Å². The lowest BCUT2D eigenvalue weighted by Crippen LogP contribution is -2.41. The van der Waals surface area contributed by atoms with E-state index < -0.39 is 48.0 Å². The number of ether oxygens (including phenoxy) is 1. The van der Waals surface area contributed by atoms with Gasteiger partial charge in [-0.2, -0.15) is 13.2 Å². The van der Waals surface area contributed by atoms with Crippen molar-refractivity contribution in [2.45, 2.75) is 45.5 Å². The van der Waals surface area contributed by atoms with Gasteiger partial charge < -0.3 is 19.8 Å². The molecule has 1 aromatic carbocycles. The quantitative estimate of drug-likeness (QED) is 0.528. The Kier molecular flexibility index (Phi) is 4.08. The number of alkyl halides is 2. The second-order valence-electron chi connectivity index (χ2n) is 5.98. The fourth-order valence-electron chi connectivity index (χ4n) is 2.00. The Morgan fingerprint density at radius 3 is 2.05 bits per heavy atom. The average Bonchev–Trinajstić information content (AvgIpc) is 2.58. The highest BCUT2D eigenvalue weighted by atomic mass is 19.3. The summed E-state index contributed by atoms with van der Waals surface area (Å²) in [5.41, 5.74) is 2.99. The lowest BCUT2D eigenvalue weighted by Gasteiger charge is -2.32. The molecule has 1 aliphatic rings. The van der Waals surface area contributed by atoms with Gasteiger partial charge in [-0.1, -0.05) is 0 Å². The molecular weight excluding hydrogens is 305 g/mol. The van der Waals surface area contributed by atoms with Crippen molar-refractivity contribution in [3.63, 3.8) is 0 Å². The van der Waals surface area contributed by atoms with E-state index in [0.717, 1.165) is 6.07 Å². The molecule has 0 aliphatic carbocycles. The van der Waals surface area contributed by atoms with Gasteiger partial charge in [-0.15, -0.1) is 0 Å². The molecule has 9 heteroatoms. The normalized spacial score (nSPS) is 19.8. The maximum Gasteiger partial charge on any atom is 0.498 e. The summed E-state index contributed by atoms with van der Waals surface area (Å²) in [5, 5.41) is 0. The molecule has 0 bridgehead atoms. The number of anilines is 1. The minimum absolute atomic E-state index is 0.227. The van der Waals surface area contributed by atoms with E-state index in [1.165, 1.54) is 0 Å². The van der Waals surface area contributed by atoms with Crippen LogP contribution in [0.25, 0.3) is 0 Å². The van der Waals surface area contributed by atoms with Gasteiger partial charge in [0.1, 0.15) is 0 Å². The number of rotatable bonds is 3. The lowest BCUT2D eigenvalue weighted by atomic mass is 9.78. The third-order valence-corrected chi connectivity index (χ3v) is 3.93. The first kappa shape index (κ1) is 16.9. The van der Waals surface area contributed by atoms with Crippen LogP contribution in [0.5, 0.6) is 5.75 Å². The molecule has 1 aromatic rings. The summed E-state index contributed by atoms with van der Waals surface area (Å²) < 4.78 is 67.7. The van der Waals surface area contributed by atoms with Gasteiger partial charge in [0, 0.05) is 5.46 Å². The van der Waals surface area contributed by atoms with Gasteiger partial charge in [-0.3, -0.25) is 0 Å². The molecular formula is C13H16BF4NO3. The number of halogens is 4. The first-order valence-corrected chi connectivity index (χ1v) is 6.54. The van der Waals surface area contributed by atoms with Gasteiger partial charge in [0.05, 0.1) is 16.9 Å². The summed E-state index contributed by atoms with van der Waals surface area (Å²) in [6.45, 7) is 3.57. The van der Waals surface area contributed by atoms with Crippen molar-refractivity contribution in [3.05, 3.63) is 17.7 Å². The maximum atomic E-state index is 13.9. The van der Waals surface area contributed by atoms with E-state index in [0.29, 0.717) is 0 Å². The molecule has 0 unspecified atom stereocenters. The molecule has 1 heterocycles. The summed E-state index contributed by atoms with van der Waals surface area (Å²) in [4.78, 5) is 0. The molecule has 0 spiro atoms. The second kappa shape index (κ2) is 5.31. The van der Waals surface area contributed by atoms with E-state index in [1.807, 2.05) is 0 Å². The van der Waals surface area contributed by atoms with Crippen LogP contribution in [0.1, 0.15) is 27.7 Å². The molecule has 0 aromatic heterocycles. The number of nitrogen functional groups attached to an aromatic ring is 1. The van der Waals surface area contributed by atoms with Crippen molar-refractivity contribution in [1.29, 1.82) is 0 Å². The van der Waals surface area contributed by atoms with Crippen LogP contribution < -0.4 is 15.9 Å². The molecule has 4 nitrogen and oxygen atoms in total. The van der Waals surface area contributed by atoms with E-state index in [4.69, 9.17) is 15.0 Å². The maximum absolute atomic E-state index is 13.9. The molecule has 122 valence electrons. The van der Waals surface area contributed by atoms with Crippen LogP contribution in [0.15, 0.2) is 6.07 Å². The monoisotopic (exact) mass is 321 g/mol. The van der Waals surface area contributed by atoms with Crippen molar-refractivity contribution in [2.75, 3.05) is 5.73 Å². The highest BCUT2D eigenvalue weighted by Gasteiger charge is 2.53. The average molecular weight is 321 g/mol. The van der Waals surface area contributed by atoms with Gasteiger partial charge in [-0.05, 0) is 33.8 Å². The largest absolute Gasteiger partial charge is 0.498 e. The van der Waals surface area contributed by atoms with Gasteiger partial charge in [0.25, 0.3) is 0 Å². The smallest absolute Gasteiger partial charge is 0.432 e. The lowest BCUT2D eigenvalue weighted by molar-refractivity contribution is -0.0518. The zero-order valence-electron chi connectivity index (χ0n) is 12.5. The van der Waals surface area contributed by atoms with Crippen molar-refractivity contribution in [1.82, 2.24) is 0 Å². The third-order valence-electron chi connectivity index (χ3n) is 3.93. The van der Waals surface area contributed by atoms with Crippen molar-refractivity contribution in [3.8, 4) is 5.75 Å². The van der Waals surface area contributed by atoms with Gasteiger partial charge in [0.15, 0.2) is 11.6 Å². The van der Waals surface area contributed by atoms with Crippen LogP contribution in [0, 0.1) is 11.6 Å². The zero-order valence-corrected chi connectivity index (χ0v) is 12.5. The molecule has 0 atom stereocenters. The predicted octanol–water partition coefficient (Wildman–Crippen LogP) is 2.45. The van der Waals surface area contributed by atoms with E-state index in [1.54, 1.807) is 27.7 Å². The topological polar surface area (TPSA) is 53.7 Å². The first-order valence-electron chi connectivity index (χ1n) is 6.54. The summed E-state index contributed by atoms with van der Waals surface area (Å²) >= 11 is 0. The van der Waals surface area contributed by atoms with Crippen molar-refractivity contribution >= 4 is 18.3 Å². The van der Waals surface area contributed by atoms with Crippen LogP contribution >= 0.6 is 0 Å². The Balaban J connectivity index is 2.52. The van der Waals surface area contributed by atoms with Crippen molar-refractivity contribution in [2.24, 2.45) is 0 Å². The van der Waals surface area contributed by atoms with Gasteiger partial charge >= 0.3 is 13.7 Å². The number of hydrogen-bond donors (Lipinski definition) is 1. The van der Waals surface area contributed by atoms with Crippen LogP contribution in [0.3, 0.4) is 0 Å². The molecule has 0 radical (unpaired) electrons. The molecule has 1 saturated heterocycles. The molecule has 2 rings (SSSR count). The number of nitrogens with two attached hydrogens (primary N) is 1. The third kappa shape index (κ3) is 2.75. The Morgan fingerprint density at radius 2 is 1.59 bits per heavy atom. The molecule has 0 amide bonds. The highest BCUT2D eigenvalue weighted by Crippen LogP contribution is 2.38. The zero-order chi connectivity index (χ0) is 16.9. The predicted molar refractivity (Wildman–Crippen MR) is 73.1 cm³/mol. The Morgan fingerprint density at radius 1 is 1.09 bits per heavy atom. The van der Waals surface area contributed by atoms with E-state index in [9.17, 15) is 17.6 Å². The Bertz CT molecular complexity index is 579. The van der Waals surface area contributed by atoms with Crippen LogP contribution in [0.4, 0.5) is 23.2 Å². The summed E-state index contributed by atoms with van der Waals surface area (Å²) in [6, 6.07) is 0.971.